The van der Waals surface area contributed by atoms with Crippen LogP contribution < -0.4 is 10.2 Å². The minimum Gasteiger partial charge on any atom is -0.391 e. The standard InChI is InChI=1S/C29H40N6O3/c1-2-4-23(5-3-11-33-15-17-38-18-16-33)32-29(37)34-12-8-22(9-13-34)28-26-7-6-24(19-27(26)30-21-31-28)35-14-10-25(36)20-35/h3-7,19,21-22,25,36H,2,8-18,20H2,1H3,(H,32,37)/b5-3-,23-4+. The van der Waals surface area contributed by atoms with E-state index in [-0.39, 0.29) is 12.1 Å². The van der Waals surface area contributed by atoms with Gasteiger partial charge in [0, 0.05) is 68.5 Å². The average molecular weight is 521 g/mol. The molecule has 0 radical (unpaired) electrons. The van der Waals surface area contributed by atoms with Gasteiger partial charge >= 0.3 is 6.03 Å². The van der Waals surface area contributed by atoms with Gasteiger partial charge in [-0.15, -0.1) is 0 Å². The highest BCUT2D eigenvalue weighted by atomic mass is 16.5. The smallest absolute Gasteiger partial charge is 0.321 e. The maximum atomic E-state index is 13.1. The summed E-state index contributed by atoms with van der Waals surface area (Å²) in [6.45, 7) is 9.34. The Morgan fingerprint density at radius 3 is 2.68 bits per heavy atom. The summed E-state index contributed by atoms with van der Waals surface area (Å²) in [4.78, 5) is 28.7. The Balaban J connectivity index is 1.17. The van der Waals surface area contributed by atoms with Crippen LogP contribution in [-0.2, 0) is 4.74 Å². The van der Waals surface area contributed by atoms with Gasteiger partial charge in [-0.2, -0.15) is 0 Å². The molecule has 0 bridgehead atoms. The van der Waals surface area contributed by atoms with E-state index in [9.17, 15) is 9.90 Å². The van der Waals surface area contributed by atoms with E-state index in [1.165, 1.54) is 0 Å². The summed E-state index contributed by atoms with van der Waals surface area (Å²) in [6.07, 6.45) is 11.0. The van der Waals surface area contributed by atoms with Crippen molar-refractivity contribution < 1.29 is 14.6 Å². The monoisotopic (exact) mass is 520 g/mol. The van der Waals surface area contributed by atoms with Crippen molar-refractivity contribution in [3.05, 3.63) is 54.1 Å². The molecule has 38 heavy (non-hydrogen) atoms. The average Bonchev–Trinajstić information content (AvgIpc) is 3.39. The summed E-state index contributed by atoms with van der Waals surface area (Å²) < 4.78 is 5.41. The Labute approximate surface area is 225 Å². The molecular weight excluding hydrogens is 480 g/mol. The molecule has 2 N–H and O–H groups in total. The second-order valence-corrected chi connectivity index (χ2v) is 10.4. The molecule has 1 unspecified atom stereocenters. The molecule has 0 spiro atoms. The molecular formula is C29H40N6O3. The summed E-state index contributed by atoms with van der Waals surface area (Å²) in [5.41, 5.74) is 3.96. The number of amides is 2. The number of benzene rings is 1. The summed E-state index contributed by atoms with van der Waals surface area (Å²) in [7, 11) is 0. The molecule has 3 aliphatic rings. The van der Waals surface area contributed by atoms with Gasteiger partial charge in [-0.3, -0.25) is 4.90 Å². The quantitative estimate of drug-likeness (QED) is 0.541. The van der Waals surface area contributed by atoms with Gasteiger partial charge in [0.15, 0.2) is 0 Å². The van der Waals surface area contributed by atoms with Crippen molar-refractivity contribution in [2.45, 2.75) is 44.6 Å². The summed E-state index contributed by atoms with van der Waals surface area (Å²) in [5.74, 6) is 0.295. The molecule has 1 aromatic carbocycles. The molecule has 1 atom stereocenters. The number of fused-ring (bicyclic) bond motifs is 1. The first-order chi connectivity index (χ1) is 18.6. The van der Waals surface area contributed by atoms with Crippen LogP contribution in [0.1, 0.15) is 44.2 Å². The molecule has 4 heterocycles. The van der Waals surface area contributed by atoms with Crippen LogP contribution in [0.3, 0.4) is 0 Å². The number of aliphatic hydroxyl groups excluding tert-OH is 1. The van der Waals surface area contributed by atoms with Crippen molar-refractivity contribution in [2.75, 3.05) is 63.9 Å². The van der Waals surface area contributed by atoms with Gasteiger partial charge in [-0.1, -0.05) is 19.1 Å². The minimum absolute atomic E-state index is 0.0378. The number of ether oxygens (including phenoxy) is 1. The Hall–Kier alpha value is -3.01. The fourth-order valence-corrected chi connectivity index (χ4v) is 5.62. The molecule has 0 saturated carbocycles. The second-order valence-electron chi connectivity index (χ2n) is 10.4. The van der Waals surface area contributed by atoms with Crippen molar-refractivity contribution in [3.8, 4) is 0 Å². The largest absolute Gasteiger partial charge is 0.391 e. The number of nitrogens with one attached hydrogen (secondary N) is 1. The maximum absolute atomic E-state index is 13.1. The number of anilines is 1. The van der Waals surface area contributed by atoms with Crippen LogP contribution in [-0.4, -0.2) is 96.0 Å². The van der Waals surface area contributed by atoms with Crippen molar-refractivity contribution in [1.82, 2.24) is 25.1 Å². The minimum atomic E-state index is -0.256. The Morgan fingerprint density at radius 2 is 1.95 bits per heavy atom. The van der Waals surface area contributed by atoms with E-state index in [4.69, 9.17) is 4.74 Å². The summed E-state index contributed by atoms with van der Waals surface area (Å²) in [6, 6.07) is 6.30. The number of morpholine rings is 1. The van der Waals surface area contributed by atoms with Crippen LogP contribution >= 0.6 is 0 Å². The lowest BCUT2D eigenvalue weighted by molar-refractivity contribution is 0.0434. The number of aliphatic hydroxyl groups is 1. The molecule has 5 rings (SSSR count). The number of hydrogen-bond acceptors (Lipinski definition) is 7. The third-order valence-electron chi connectivity index (χ3n) is 7.79. The number of allylic oxidation sites excluding steroid dienone is 2. The predicted molar refractivity (Wildman–Crippen MR) is 149 cm³/mol. The molecule has 2 amide bonds. The lowest BCUT2D eigenvalue weighted by Gasteiger charge is -2.32. The summed E-state index contributed by atoms with van der Waals surface area (Å²) >= 11 is 0. The molecule has 3 aliphatic heterocycles. The van der Waals surface area contributed by atoms with Gasteiger partial charge < -0.3 is 25.0 Å². The number of nitrogens with zero attached hydrogens (tertiary/aromatic N) is 5. The molecule has 3 saturated heterocycles. The number of rotatable bonds is 7. The van der Waals surface area contributed by atoms with E-state index in [2.05, 4.69) is 62.4 Å². The molecule has 9 nitrogen and oxygen atoms in total. The number of hydrogen-bond donors (Lipinski definition) is 2. The Bertz CT molecular complexity index is 1150. The van der Waals surface area contributed by atoms with Crippen LogP contribution in [0.4, 0.5) is 10.5 Å². The van der Waals surface area contributed by atoms with Crippen molar-refractivity contribution in [3.63, 3.8) is 0 Å². The van der Waals surface area contributed by atoms with Crippen molar-refractivity contribution in [2.24, 2.45) is 0 Å². The lowest BCUT2D eigenvalue weighted by atomic mass is 9.91. The Kier molecular flexibility index (Phi) is 8.88. The highest BCUT2D eigenvalue weighted by Crippen LogP contribution is 2.33. The van der Waals surface area contributed by atoms with Gasteiger partial charge in [0.1, 0.15) is 6.33 Å². The van der Waals surface area contributed by atoms with Gasteiger partial charge in [0.25, 0.3) is 0 Å². The zero-order valence-electron chi connectivity index (χ0n) is 22.4. The summed E-state index contributed by atoms with van der Waals surface area (Å²) in [5, 5.41) is 14.1. The van der Waals surface area contributed by atoms with E-state index in [1.807, 2.05) is 11.0 Å². The first kappa shape index (κ1) is 26.6. The molecule has 204 valence electrons. The number of carbonyl (C=O) groups excluding carboxylic acids is 1. The van der Waals surface area contributed by atoms with Crippen molar-refractivity contribution in [1.29, 1.82) is 0 Å². The topological polar surface area (TPSA) is 94.1 Å². The lowest BCUT2D eigenvalue weighted by Crippen LogP contribution is -2.43. The molecule has 2 aromatic rings. The van der Waals surface area contributed by atoms with Gasteiger partial charge in [0.05, 0.1) is 30.5 Å². The highest BCUT2D eigenvalue weighted by Gasteiger charge is 2.27. The van der Waals surface area contributed by atoms with Crippen LogP contribution in [0, 0.1) is 0 Å². The van der Waals surface area contributed by atoms with Crippen LogP contribution in [0.25, 0.3) is 10.9 Å². The normalized spacial score (nSPS) is 22.1. The zero-order valence-corrected chi connectivity index (χ0v) is 22.4. The fraction of sp³-hybridized carbons (Fsp3) is 0.552. The zero-order chi connectivity index (χ0) is 26.3. The van der Waals surface area contributed by atoms with Crippen LogP contribution in [0.15, 0.2) is 48.5 Å². The fourth-order valence-electron chi connectivity index (χ4n) is 5.62. The molecule has 3 fully saturated rings. The maximum Gasteiger partial charge on any atom is 0.321 e. The van der Waals surface area contributed by atoms with Gasteiger partial charge in [-0.05, 0) is 50.0 Å². The predicted octanol–water partition coefficient (Wildman–Crippen LogP) is 3.27. The number of β-amino-alcohol motifs (C(OH)–C–C–N with tert-alkyl or cyclic N) is 1. The first-order valence-electron chi connectivity index (χ1n) is 14.0. The van der Waals surface area contributed by atoms with Gasteiger partial charge in [0.2, 0.25) is 0 Å². The van der Waals surface area contributed by atoms with Crippen LogP contribution in [0.2, 0.25) is 0 Å². The van der Waals surface area contributed by atoms with Gasteiger partial charge in [-0.25, -0.2) is 14.8 Å². The molecule has 0 aliphatic carbocycles. The number of carbonyl (C=O) groups is 1. The molecule has 9 heteroatoms. The van der Waals surface area contributed by atoms with E-state index >= 15 is 0 Å². The van der Waals surface area contributed by atoms with Crippen molar-refractivity contribution >= 4 is 22.6 Å². The SMILES string of the molecule is CC/C=C(\C=C/CN1CCOCC1)NC(=O)N1CCC(c2ncnc3cc(N4CCC(O)C4)ccc23)CC1. The number of piperidine rings is 1. The third-order valence-corrected chi connectivity index (χ3v) is 7.79. The number of urea groups is 1. The van der Waals surface area contributed by atoms with Crippen LogP contribution in [0.5, 0.6) is 0 Å². The molecule has 1 aromatic heterocycles. The Morgan fingerprint density at radius 1 is 1.13 bits per heavy atom. The number of aromatic nitrogens is 2. The number of likely N-dealkylation sites (tertiary alicyclic amines) is 1. The van der Waals surface area contributed by atoms with E-state index in [0.29, 0.717) is 25.6 Å². The van der Waals surface area contributed by atoms with E-state index in [0.717, 1.165) is 93.1 Å². The second kappa shape index (κ2) is 12.7. The van der Waals surface area contributed by atoms with E-state index in [1.54, 1.807) is 6.33 Å². The third kappa shape index (κ3) is 6.51. The van der Waals surface area contributed by atoms with E-state index < -0.39 is 0 Å². The first-order valence-corrected chi connectivity index (χ1v) is 14.0. The highest BCUT2D eigenvalue weighted by molar-refractivity contribution is 5.85.